The van der Waals surface area contributed by atoms with Crippen LogP contribution >= 0.6 is 0 Å². The van der Waals surface area contributed by atoms with Crippen molar-refractivity contribution in [2.24, 2.45) is 10.9 Å². The van der Waals surface area contributed by atoms with Crippen molar-refractivity contribution in [3.63, 3.8) is 0 Å². The molecule has 12 rings (SSSR count). The van der Waals surface area contributed by atoms with Gasteiger partial charge < -0.3 is 19.7 Å². The maximum absolute atomic E-state index is 4.62. The Morgan fingerprint density at radius 1 is 0.418 bits per heavy atom. The van der Waals surface area contributed by atoms with Gasteiger partial charge in [0.05, 0.1) is 17.6 Å². The molecule has 10 aromatic rings. The van der Waals surface area contributed by atoms with E-state index >= 15 is 0 Å². The molecule has 1 fully saturated rings. The van der Waals surface area contributed by atoms with E-state index in [0.717, 1.165) is 59.2 Å². The first-order valence-electron chi connectivity index (χ1n) is 23.7. The minimum atomic E-state index is 0.351. The zero-order chi connectivity index (χ0) is 44.5. The molecule has 0 spiro atoms. The Bertz CT molecular complexity index is 3050. The van der Waals surface area contributed by atoms with Crippen molar-refractivity contribution in [2.75, 3.05) is 16.3 Å². The van der Waals surface area contributed by atoms with E-state index in [9.17, 15) is 0 Å². The third-order valence-electron chi connectivity index (χ3n) is 13.9. The predicted octanol–water partition coefficient (Wildman–Crippen LogP) is 15.9. The van der Waals surface area contributed by atoms with Crippen LogP contribution in [-0.2, 0) is 0 Å². The zero-order valence-corrected chi connectivity index (χ0v) is 37.4. The summed E-state index contributed by atoms with van der Waals surface area (Å²) in [5.74, 6) is 0.702. The van der Waals surface area contributed by atoms with Gasteiger partial charge in [0.1, 0.15) is 0 Å². The highest BCUT2D eigenvalue weighted by Crippen LogP contribution is 2.41. The third-order valence-corrected chi connectivity index (χ3v) is 13.9. The molecule has 1 N–H and O–H groups in total. The van der Waals surface area contributed by atoms with Gasteiger partial charge in [0.15, 0.2) is 0 Å². The fourth-order valence-corrected chi connectivity index (χ4v) is 10.5. The summed E-state index contributed by atoms with van der Waals surface area (Å²) in [4.78, 5) is 9.24. The van der Waals surface area contributed by atoms with Crippen LogP contribution in [0.2, 0.25) is 0 Å². The Morgan fingerprint density at radius 3 is 1.28 bits per heavy atom. The summed E-state index contributed by atoms with van der Waals surface area (Å²) in [6.07, 6.45) is 5.62. The Labute approximate surface area is 392 Å². The monoisotopic (exact) mass is 865 g/mol. The summed E-state index contributed by atoms with van der Waals surface area (Å²) in [6, 6.07) is 84.5. The van der Waals surface area contributed by atoms with Crippen LogP contribution in [0.4, 0.5) is 34.1 Å². The van der Waals surface area contributed by atoms with Crippen LogP contribution in [0.5, 0.6) is 0 Å². The van der Waals surface area contributed by atoms with Crippen molar-refractivity contribution in [1.29, 1.82) is 0 Å². The molecule has 2 aliphatic rings. The smallest absolute Gasteiger partial charge is 0.0542 e. The fraction of sp³-hybridized carbons (Fsp3) is 0.113. The van der Waals surface area contributed by atoms with Crippen LogP contribution in [0.1, 0.15) is 30.9 Å². The lowest BCUT2D eigenvalue weighted by atomic mass is 9.82. The van der Waals surface area contributed by atoms with Gasteiger partial charge in [-0.1, -0.05) is 121 Å². The Morgan fingerprint density at radius 2 is 0.836 bits per heavy atom. The highest BCUT2D eigenvalue weighted by Gasteiger charge is 2.31. The van der Waals surface area contributed by atoms with Crippen molar-refractivity contribution in [3.05, 3.63) is 236 Å². The summed E-state index contributed by atoms with van der Waals surface area (Å²) in [6.45, 7) is 0.887. The van der Waals surface area contributed by atoms with Crippen LogP contribution in [0.15, 0.2) is 236 Å². The van der Waals surface area contributed by atoms with Crippen molar-refractivity contribution in [1.82, 2.24) is 9.88 Å². The van der Waals surface area contributed by atoms with Gasteiger partial charge in [-0.05, 0) is 168 Å². The zero-order valence-electron chi connectivity index (χ0n) is 37.4. The van der Waals surface area contributed by atoms with Gasteiger partial charge in [0, 0.05) is 62.7 Å². The van der Waals surface area contributed by atoms with Crippen LogP contribution in [-0.4, -0.2) is 23.4 Å². The minimum Gasteiger partial charge on any atom is -0.311 e. The predicted molar refractivity (Wildman–Crippen MR) is 281 cm³/mol. The average Bonchev–Trinajstić information content (AvgIpc) is 3.73. The van der Waals surface area contributed by atoms with Crippen LogP contribution in [0, 0.1) is 5.92 Å². The maximum atomic E-state index is 4.62. The normalized spacial score (nSPS) is 16.7. The molecule has 9 aromatic carbocycles. The van der Waals surface area contributed by atoms with Crippen molar-refractivity contribution < 1.29 is 0 Å². The second kappa shape index (κ2) is 17.8. The summed E-state index contributed by atoms with van der Waals surface area (Å²) in [7, 11) is 0. The SMILES string of the molecule is C1=NCC2NC(c3ccc(-n4c5ccc(-c6ccc(N(c7ccccc7)c7ccccc7)cc6)cc5c5cc(-c6ccc(N(c7ccccc7)c7ccccc7)cc6)ccc54)cc3)CCC2C1. The number of hydrogen-bond donors (Lipinski definition) is 1. The number of aliphatic imine (C=N–C) groups is 1. The van der Waals surface area contributed by atoms with E-state index in [4.69, 9.17) is 0 Å². The number of hydrogen-bond acceptors (Lipinski definition) is 4. The molecule has 3 atom stereocenters. The molecular weight excluding hydrogens is 815 g/mol. The van der Waals surface area contributed by atoms with Crippen molar-refractivity contribution >= 4 is 62.1 Å². The number of piperidine rings is 1. The maximum Gasteiger partial charge on any atom is 0.0542 e. The number of para-hydroxylation sites is 4. The Kier molecular flexibility index (Phi) is 10.7. The Balaban J connectivity index is 0.930. The number of rotatable bonds is 10. The van der Waals surface area contributed by atoms with Gasteiger partial charge in [-0.25, -0.2) is 0 Å². The topological polar surface area (TPSA) is 35.8 Å². The van der Waals surface area contributed by atoms with Gasteiger partial charge in [-0.3, -0.25) is 4.99 Å². The van der Waals surface area contributed by atoms with E-state index in [-0.39, 0.29) is 0 Å². The quantitative estimate of drug-likeness (QED) is 0.149. The van der Waals surface area contributed by atoms with E-state index in [1.54, 1.807) is 0 Å². The number of aromatic nitrogens is 1. The van der Waals surface area contributed by atoms with Gasteiger partial charge >= 0.3 is 0 Å². The molecule has 0 saturated carbocycles. The van der Waals surface area contributed by atoms with Crippen LogP contribution in [0.25, 0.3) is 49.7 Å². The lowest BCUT2D eigenvalue weighted by Gasteiger charge is -2.38. The van der Waals surface area contributed by atoms with Gasteiger partial charge in [-0.2, -0.15) is 0 Å². The molecule has 0 bridgehead atoms. The van der Waals surface area contributed by atoms with E-state index < -0.39 is 0 Å². The first kappa shape index (κ1) is 40.5. The largest absolute Gasteiger partial charge is 0.311 e. The van der Waals surface area contributed by atoms with Gasteiger partial charge in [-0.15, -0.1) is 0 Å². The summed E-state index contributed by atoms with van der Waals surface area (Å²) < 4.78 is 2.45. The molecule has 2 aliphatic heterocycles. The van der Waals surface area contributed by atoms with Crippen LogP contribution in [0.3, 0.4) is 0 Å². The van der Waals surface area contributed by atoms with Gasteiger partial charge in [0.25, 0.3) is 0 Å². The molecule has 324 valence electrons. The summed E-state index contributed by atoms with van der Waals surface area (Å²) in [5.41, 5.74) is 16.4. The summed E-state index contributed by atoms with van der Waals surface area (Å²) in [5, 5.41) is 6.41. The molecular formula is C62H51N5. The van der Waals surface area contributed by atoms with Crippen molar-refractivity contribution in [3.8, 4) is 27.9 Å². The number of anilines is 6. The fourth-order valence-electron chi connectivity index (χ4n) is 10.5. The van der Waals surface area contributed by atoms with E-state index in [1.807, 2.05) is 0 Å². The number of nitrogens with zero attached hydrogens (tertiary/aromatic N) is 4. The molecule has 0 radical (unpaired) electrons. The molecule has 1 aromatic heterocycles. The van der Waals surface area contributed by atoms with Gasteiger partial charge in [0.2, 0.25) is 0 Å². The molecule has 67 heavy (non-hydrogen) atoms. The molecule has 0 amide bonds. The first-order valence-corrected chi connectivity index (χ1v) is 23.7. The van der Waals surface area contributed by atoms with E-state index in [1.165, 1.54) is 56.0 Å². The minimum absolute atomic E-state index is 0.351. The van der Waals surface area contributed by atoms with E-state index in [2.05, 4.69) is 261 Å². The van der Waals surface area contributed by atoms with Crippen LogP contribution < -0.4 is 15.1 Å². The highest BCUT2D eigenvalue weighted by molar-refractivity contribution is 6.11. The average molecular weight is 866 g/mol. The lowest BCUT2D eigenvalue weighted by Crippen LogP contribution is -2.46. The number of benzene rings is 9. The molecule has 3 unspecified atom stereocenters. The Hall–Kier alpha value is -7.99. The van der Waals surface area contributed by atoms with E-state index in [0.29, 0.717) is 18.0 Å². The molecule has 3 heterocycles. The van der Waals surface area contributed by atoms with Crippen molar-refractivity contribution in [2.45, 2.75) is 31.3 Å². The molecule has 0 aliphatic carbocycles. The second-order valence-corrected chi connectivity index (χ2v) is 17.9. The summed E-state index contributed by atoms with van der Waals surface area (Å²) >= 11 is 0. The highest BCUT2D eigenvalue weighted by atomic mass is 15.1. The molecule has 5 heteroatoms. The number of nitrogens with one attached hydrogen (secondary N) is 1. The lowest BCUT2D eigenvalue weighted by molar-refractivity contribution is 0.236. The molecule has 1 saturated heterocycles. The molecule has 5 nitrogen and oxygen atoms in total. The number of fused-ring (bicyclic) bond motifs is 4. The first-order chi connectivity index (χ1) is 33.2. The standard InChI is InChI=1S/C62H51N5/c1-5-13-50(14-6-1)65(51-15-7-2-8-16-51)54-30-21-44(22-31-54)48-28-37-61-57(41-48)58-42-49(45-23-32-55(33-24-45)66(52-17-9-3-10-18-52)53-19-11-4-12-20-53)29-38-62(58)67(61)56-34-25-46(26-35-56)59-36-27-47-39-40-63-43-60(47)64-59/h1-26,28-35,37-38,40-42,47,59-60,64H,27,36,39,43H2. The second-order valence-electron chi connectivity index (χ2n) is 17.9. The third kappa shape index (κ3) is 7.88.